The Hall–Kier alpha value is -1.58. The Labute approximate surface area is 131 Å². The molecule has 1 atom stereocenters. The minimum absolute atomic E-state index is 0.0337. The molecule has 0 spiro atoms. The number of ether oxygens (including phenoxy) is 1. The highest BCUT2D eigenvalue weighted by molar-refractivity contribution is 7.98. The molecule has 0 aliphatic carbocycles. The number of hydrogen-bond donors (Lipinski definition) is 0. The fourth-order valence-corrected chi connectivity index (χ4v) is 2.69. The Bertz CT molecular complexity index is 554. The van der Waals surface area contributed by atoms with Gasteiger partial charge in [-0.05, 0) is 31.0 Å². The van der Waals surface area contributed by atoms with E-state index in [0.29, 0.717) is 6.61 Å². The maximum atomic E-state index is 5.93. The van der Waals surface area contributed by atoms with Crippen LogP contribution in [0, 0.1) is 0 Å². The Kier molecular flexibility index (Phi) is 6.51. The summed E-state index contributed by atoms with van der Waals surface area (Å²) in [6, 6.07) is 20.4. The highest BCUT2D eigenvalue weighted by Gasteiger charge is 2.09. The Morgan fingerprint density at radius 1 is 1.05 bits per heavy atom. The van der Waals surface area contributed by atoms with E-state index in [4.69, 9.17) is 4.74 Å². The van der Waals surface area contributed by atoms with E-state index in [0.717, 1.165) is 17.0 Å². The van der Waals surface area contributed by atoms with E-state index in [1.165, 1.54) is 17.5 Å². The van der Waals surface area contributed by atoms with E-state index in [9.17, 15) is 0 Å². The molecule has 0 aliphatic rings. The first-order chi connectivity index (χ1) is 10.3. The molecule has 2 aromatic carbocycles. The van der Waals surface area contributed by atoms with Crippen LogP contribution < -0.4 is 0 Å². The second kappa shape index (κ2) is 8.65. The van der Waals surface area contributed by atoms with Crippen molar-refractivity contribution in [3.05, 3.63) is 66.2 Å². The molecule has 21 heavy (non-hydrogen) atoms. The van der Waals surface area contributed by atoms with Crippen LogP contribution in [0.2, 0.25) is 0 Å². The van der Waals surface area contributed by atoms with Crippen LogP contribution in [0.3, 0.4) is 0 Å². The van der Waals surface area contributed by atoms with Crippen LogP contribution >= 0.6 is 11.9 Å². The zero-order chi connectivity index (χ0) is 14.9. The summed E-state index contributed by atoms with van der Waals surface area (Å²) >= 11 is 1.51. The van der Waals surface area contributed by atoms with E-state index in [1.54, 1.807) is 0 Å². The van der Waals surface area contributed by atoms with Crippen LogP contribution in [0.5, 0.6) is 0 Å². The first kappa shape index (κ1) is 15.8. The molecule has 0 saturated carbocycles. The molecular weight excluding hydrogens is 278 g/mol. The average molecular weight is 299 g/mol. The van der Waals surface area contributed by atoms with Gasteiger partial charge in [-0.1, -0.05) is 55.5 Å². The molecule has 0 aliphatic heterocycles. The van der Waals surface area contributed by atoms with Crippen molar-refractivity contribution < 1.29 is 4.74 Å². The van der Waals surface area contributed by atoms with Crippen LogP contribution in [0.15, 0.2) is 70.0 Å². The van der Waals surface area contributed by atoms with Gasteiger partial charge in [-0.25, -0.2) is 4.40 Å². The molecule has 3 heteroatoms. The molecule has 0 amide bonds. The van der Waals surface area contributed by atoms with Crippen molar-refractivity contribution in [1.29, 1.82) is 0 Å². The fraction of sp³-hybridized carbons (Fsp3) is 0.278. The third-order valence-electron chi connectivity index (χ3n) is 3.19. The molecule has 0 unspecified atom stereocenters. The largest absolute Gasteiger partial charge is 0.368 e. The van der Waals surface area contributed by atoms with Crippen LogP contribution in [0.1, 0.15) is 25.8 Å². The van der Waals surface area contributed by atoms with Gasteiger partial charge in [0.1, 0.15) is 0 Å². The molecule has 2 rings (SSSR count). The Balaban J connectivity index is 1.90. The van der Waals surface area contributed by atoms with Gasteiger partial charge in [0.15, 0.2) is 0 Å². The molecule has 0 radical (unpaired) electrons. The van der Waals surface area contributed by atoms with Crippen LogP contribution in [-0.2, 0) is 11.3 Å². The topological polar surface area (TPSA) is 21.6 Å². The van der Waals surface area contributed by atoms with Crippen molar-refractivity contribution in [1.82, 2.24) is 0 Å². The maximum Gasteiger partial charge on any atom is 0.0939 e. The second-order valence-corrected chi connectivity index (χ2v) is 5.62. The first-order valence-electron chi connectivity index (χ1n) is 7.24. The summed E-state index contributed by atoms with van der Waals surface area (Å²) < 4.78 is 10.6. The SMILES string of the molecule is CC/C(=N\Sc1ccccc1)[C@H](C)OCc1ccccc1. The molecule has 0 saturated heterocycles. The predicted octanol–water partition coefficient (Wildman–Crippen LogP) is 5.15. The molecular formula is C18H21NOS. The van der Waals surface area contributed by atoms with Gasteiger partial charge in [-0.15, -0.1) is 0 Å². The summed E-state index contributed by atoms with van der Waals surface area (Å²) in [6.45, 7) is 4.81. The lowest BCUT2D eigenvalue weighted by Crippen LogP contribution is -2.19. The van der Waals surface area contributed by atoms with Gasteiger partial charge in [0.2, 0.25) is 0 Å². The summed E-state index contributed by atoms with van der Waals surface area (Å²) in [5.41, 5.74) is 2.27. The quantitative estimate of drug-likeness (QED) is 0.521. The van der Waals surface area contributed by atoms with Crippen LogP contribution in [0.4, 0.5) is 0 Å². The van der Waals surface area contributed by atoms with Gasteiger partial charge in [-0.3, -0.25) is 0 Å². The van der Waals surface area contributed by atoms with Crippen molar-refractivity contribution in [3.63, 3.8) is 0 Å². The third-order valence-corrected chi connectivity index (χ3v) is 3.99. The van der Waals surface area contributed by atoms with Crippen molar-refractivity contribution in [2.75, 3.05) is 0 Å². The number of benzene rings is 2. The Morgan fingerprint density at radius 2 is 1.67 bits per heavy atom. The van der Waals surface area contributed by atoms with E-state index in [2.05, 4.69) is 42.5 Å². The summed E-state index contributed by atoms with van der Waals surface area (Å²) in [5, 5.41) is 0. The molecule has 0 bridgehead atoms. The highest BCUT2D eigenvalue weighted by atomic mass is 32.2. The normalized spacial score (nSPS) is 13.1. The molecule has 0 N–H and O–H groups in total. The summed E-state index contributed by atoms with van der Waals surface area (Å²) in [5.74, 6) is 0. The van der Waals surface area contributed by atoms with E-state index < -0.39 is 0 Å². The zero-order valence-corrected chi connectivity index (χ0v) is 13.3. The van der Waals surface area contributed by atoms with Crippen molar-refractivity contribution in [2.24, 2.45) is 4.40 Å². The Morgan fingerprint density at radius 3 is 2.29 bits per heavy atom. The van der Waals surface area contributed by atoms with Crippen molar-refractivity contribution in [2.45, 2.75) is 37.9 Å². The molecule has 0 aromatic heterocycles. The van der Waals surface area contributed by atoms with Crippen molar-refractivity contribution in [3.8, 4) is 0 Å². The minimum atomic E-state index is 0.0337. The number of hydrogen-bond acceptors (Lipinski definition) is 3. The van der Waals surface area contributed by atoms with E-state index in [1.807, 2.05) is 36.4 Å². The van der Waals surface area contributed by atoms with Crippen LogP contribution in [-0.4, -0.2) is 11.8 Å². The summed E-state index contributed by atoms with van der Waals surface area (Å²) in [7, 11) is 0. The number of rotatable bonds is 7. The maximum absolute atomic E-state index is 5.93. The molecule has 0 heterocycles. The van der Waals surface area contributed by atoms with E-state index >= 15 is 0 Å². The zero-order valence-electron chi connectivity index (χ0n) is 12.5. The lowest BCUT2D eigenvalue weighted by atomic mass is 10.2. The average Bonchev–Trinajstić information content (AvgIpc) is 2.55. The first-order valence-corrected chi connectivity index (χ1v) is 8.01. The van der Waals surface area contributed by atoms with Gasteiger partial charge >= 0.3 is 0 Å². The van der Waals surface area contributed by atoms with Gasteiger partial charge < -0.3 is 4.74 Å². The summed E-state index contributed by atoms with van der Waals surface area (Å²) in [4.78, 5) is 1.15. The monoisotopic (exact) mass is 299 g/mol. The van der Waals surface area contributed by atoms with Gasteiger partial charge in [-0.2, -0.15) is 0 Å². The van der Waals surface area contributed by atoms with Crippen molar-refractivity contribution >= 4 is 17.7 Å². The van der Waals surface area contributed by atoms with Gasteiger partial charge in [0.05, 0.1) is 18.4 Å². The van der Waals surface area contributed by atoms with Gasteiger partial charge in [0.25, 0.3) is 0 Å². The minimum Gasteiger partial charge on any atom is -0.368 e. The second-order valence-electron chi connectivity index (χ2n) is 4.78. The highest BCUT2D eigenvalue weighted by Crippen LogP contribution is 2.20. The molecule has 110 valence electrons. The molecule has 0 fully saturated rings. The smallest absolute Gasteiger partial charge is 0.0939 e. The van der Waals surface area contributed by atoms with E-state index in [-0.39, 0.29) is 6.10 Å². The van der Waals surface area contributed by atoms with Crippen LogP contribution in [0.25, 0.3) is 0 Å². The third kappa shape index (κ3) is 5.37. The summed E-state index contributed by atoms with van der Waals surface area (Å²) in [6.07, 6.45) is 0.932. The lowest BCUT2D eigenvalue weighted by molar-refractivity contribution is 0.0951. The standard InChI is InChI=1S/C18H21NOS/c1-3-18(19-21-17-12-8-5-9-13-17)15(2)20-14-16-10-6-4-7-11-16/h4-13,15H,3,14H2,1-2H3/b19-18+/t15-/m0/s1. The van der Waals surface area contributed by atoms with Gasteiger partial charge in [0, 0.05) is 16.8 Å². The molecule has 2 aromatic rings. The predicted molar refractivity (Wildman–Crippen MR) is 90.7 cm³/mol. The molecule has 2 nitrogen and oxygen atoms in total. The number of nitrogens with zero attached hydrogens (tertiary/aromatic N) is 1. The lowest BCUT2D eigenvalue weighted by Gasteiger charge is -2.14. The fourth-order valence-electron chi connectivity index (χ4n) is 1.91.